The van der Waals surface area contributed by atoms with Gasteiger partial charge in [-0.05, 0) is 50.4 Å². The Bertz CT molecular complexity index is 340. The van der Waals surface area contributed by atoms with Gasteiger partial charge in [-0.3, -0.25) is 4.79 Å². The van der Waals surface area contributed by atoms with Crippen LogP contribution < -0.4 is 5.32 Å². The molecule has 144 valence electrons. The molecule has 0 spiro atoms. The van der Waals surface area contributed by atoms with E-state index in [0.29, 0.717) is 29.6 Å². The highest BCUT2D eigenvalue weighted by Gasteiger charge is 2.44. The van der Waals surface area contributed by atoms with Gasteiger partial charge < -0.3 is 14.5 Å². The molecule has 0 atom stereocenters. The van der Waals surface area contributed by atoms with Gasteiger partial charge in [0.05, 0.1) is 6.42 Å². The number of esters is 1. The third-order valence-corrected chi connectivity index (χ3v) is 10.6. The highest BCUT2D eigenvalue weighted by atomic mass is 28.4. The van der Waals surface area contributed by atoms with Crippen LogP contribution in [0.15, 0.2) is 0 Å². The summed E-state index contributed by atoms with van der Waals surface area (Å²) in [5, 5.41) is 3.31. The molecule has 0 aliphatic rings. The van der Waals surface area contributed by atoms with Crippen LogP contribution in [0.25, 0.3) is 0 Å². The summed E-state index contributed by atoms with van der Waals surface area (Å²) < 4.78 is 11.8. The van der Waals surface area contributed by atoms with Crippen LogP contribution in [-0.2, 0) is 14.0 Å². The molecule has 0 aromatic carbocycles. The van der Waals surface area contributed by atoms with Crippen molar-refractivity contribution in [3.05, 3.63) is 0 Å². The molecule has 0 heterocycles. The van der Waals surface area contributed by atoms with Crippen molar-refractivity contribution >= 4 is 14.3 Å². The third-order valence-electron chi connectivity index (χ3n) is 4.48. The average Bonchev–Trinajstić information content (AvgIpc) is 2.38. The Morgan fingerprint density at radius 1 is 0.958 bits per heavy atom. The Morgan fingerprint density at radius 2 is 1.46 bits per heavy atom. The average molecular weight is 360 g/mol. The third kappa shape index (κ3) is 8.12. The predicted molar refractivity (Wildman–Crippen MR) is 105 cm³/mol. The number of carbonyl (C=O) groups excluding carboxylic acids is 1. The van der Waals surface area contributed by atoms with Crippen molar-refractivity contribution in [2.75, 3.05) is 19.7 Å². The molecule has 1 N–H and O–H groups in total. The quantitative estimate of drug-likeness (QED) is 0.324. The van der Waals surface area contributed by atoms with Gasteiger partial charge in [-0.1, -0.05) is 41.5 Å². The highest BCUT2D eigenvalue weighted by molar-refractivity contribution is 6.77. The maximum absolute atomic E-state index is 11.6. The van der Waals surface area contributed by atoms with E-state index >= 15 is 0 Å². The summed E-state index contributed by atoms with van der Waals surface area (Å²) in [5.41, 5.74) is 1.47. The largest absolute Gasteiger partial charge is 0.460 e. The topological polar surface area (TPSA) is 47.6 Å². The van der Waals surface area contributed by atoms with E-state index in [1.165, 1.54) is 0 Å². The lowest BCUT2D eigenvalue weighted by Crippen LogP contribution is -2.48. The Kier molecular flexibility index (Phi) is 10.4. The van der Waals surface area contributed by atoms with Crippen molar-refractivity contribution in [3.8, 4) is 0 Å². The van der Waals surface area contributed by atoms with Crippen molar-refractivity contribution in [3.63, 3.8) is 0 Å². The summed E-state index contributed by atoms with van der Waals surface area (Å²) in [6, 6.07) is 0. The van der Waals surface area contributed by atoms with E-state index in [2.05, 4.69) is 46.9 Å². The van der Waals surface area contributed by atoms with Crippen LogP contribution in [0, 0.1) is 0 Å². The number of ether oxygens (including phenoxy) is 1. The number of rotatable bonds is 11. The lowest BCUT2D eigenvalue weighted by atomic mass is 10.2. The first kappa shape index (κ1) is 23.6. The molecular formula is C19H41NO3Si. The van der Waals surface area contributed by atoms with Crippen molar-refractivity contribution in [1.29, 1.82) is 0 Å². The van der Waals surface area contributed by atoms with Gasteiger partial charge >= 0.3 is 5.97 Å². The van der Waals surface area contributed by atoms with Crippen LogP contribution in [0.4, 0.5) is 0 Å². The minimum absolute atomic E-state index is 0.142. The van der Waals surface area contributed by atoms with Gasteiger partial charge in [-0.15, -0.1) is 0 Å². The van der Waals surface area contributed by atoms with Crippen LogP contribution in [0.1, 0.15) is 75.2 Å². The zero-order valence-electron chi connectivity index (χ0n) is 17.5. The smallest absolute Gasteiger partial charge is 0.307 e. The first-order valence-corrected chi connectivity index (χ1v) is 11.6. The molecule has 0 amide bonds. The van der Waals surface area contributed by atoms with E-state index in [1.807, 2.05) is 20.8 Å². The minimum Gasteiger partial charge on any atom is -0.460 e. The maximum Gasteiger partial charge on any atom is 0.307 e. The molecule has 0 aromatic heterocycles. The summed E-state index contributed by atoms with van der Waals surface area (Å²) in [6.45, 7) is 21.9. The molecule has 0 radical (unpaired) electrons. The fourth-order valence-corrected chi connectivity index (χ4v) is 9.15. The molecule has 24 heavy (non-hydrogen) atoms. The predicted octanol–water partition coefficient (Wildman–Crippen LogP) is 4.89. The van der Waals surface area contributed by atoms with E-state index in [1.54, 1.807) is 0 Å². The first-order valence-electron chi connectivity index (χ1n) is 9.50. The molecular weight excluding hydrogens is 318 g/mol. The monoisotopic (exact) mass is 359 g/mol. The summed E-state index contributed by atoms with van der Waals surface area (Å²) >= 11 is 0. The van der Waals surface area contributed by atoms with Crippen molar-refractivity contribution in [1.82, 2.24) is 5.32 Å². The van der Waals surface area contributed by atoms with Gasteiger partial charge in [0.25, 0.3) is 0 Å². The molecule has 0 saturated carbocycles. The van der Waals surface area contributed by atoms with E-state index in [4.69, 9.17) is 9.16 Å². The highest BCUT2D eigenvalue weighted by Crippen LogP contribution is 2.42. The van der Waals surface area contributed by atoms with Crippen LogP contribution in [0.3, 0.4) is 0 Å². The molecule has 0 aromatic rings. The number of hydrogen-bond donors (Lipinski definition) is 1. The van der Waals surface area contributed by atoms with Crippen molar-refractivity contribution in [2.24, 2.45) is 0 Å². The van der Waals surface area contributed by atoms with Gasteiger partial charge in [0, 0.05) is 13.2 Å². The molecule has 0 fully saturated rings. The minimum atomic E-state index is -1.74. The molecule has 0 aliphatic heterocycles. The second-order valence-corrected chi connectivity index (χ2v) is 14.1. The molecule has 5 heteroatoms. The first-order chi connectivity index (χ1) is 10.9. The summed E-state index contributed by atoms with van der Waals surface area (Å²) in [5.74, 6) is -0.142. The van der Waals surface area contributed by atoms with E-state index in [9.17, 15) is 4.79 Å². The lowest BCUT2D eigenvalue weighted by molar-refractivity contribution is -0.154. The molecule has 0 unspecified atom stereocenters. The van der Waals surface area contributed by atoms with Gasteiger partial charge in [-0.25, -0.2) is 0 Å². The Morgan fingerprint density at radius 3 is 1.88 bits per heavy atom. The summed E-state index contributed by atoms with van der Waals surface area (Å²) in [6.07, 6.45) is 1.40. The van der Waals surface area contributed by atoms with E-state index < -0.39 is 13.9 Å². The second-order valence-electron chi connectivity index (χ2n) is 8.61. The number of carbonyl (C=O) groups is 1. The van der Waals surface area contributed by atoms with Gasteiger partial charge in [-0.2, -0.15) is 0 Å². The molecule has 0 rings (SSSR count). The number of nitrogens with one attached hydrogen (secondary N) is 1. The van der Waals surface area contributed by atoms with Gasteiger partial charge in [0.1, 0.15) is 5.60 Å². The Labute approximate surface area is 151 Å². The molecule has 4 nitrogen and oxygen atoms in total. The zero-order chi connectivity index (χ0) is 19.0. The second kappa shape index (κ2) is 10.6. The summed E-state index contributed by atoms with van der Waals surface area (Å²) in [7, 11) is -1.74. The van der Waals surface area contributed by atoms with Crippen molar-refractivity contribution in [2.45, 2.75) is 97.4 Å². The van der Waals surface area contributed by atoms with Crippen LogP contribution >= 0.6 is 0 Å². The standard InChI is InChI=1S/C19H41NO3Si/c1-15(2)24(16(3)4,17(5)6)22-14-10-12-20-13-11-18(21)23-19(7,8)9/h15-17,20H,10-14H2,1-9H3. The number of hydrogen-bond acceptors (Lipinski definition) is 4. The van der Waals surface area contributed by atoms with Crippen LogP contribution in [0.5, 0.6) is 0 Å². The fraction of sp³-hybridized carbons (Fsp3) is 0.947. The zero-order valence-corrected chi connectivity index (χ0v) is 18.5. The Hall–Kier alpha value is -0.393. The maximum atomic E-state index is 11.6. The van der Waals surface area contributed by atoms with Gasteiger partial charge in [0.2, 0.25) is 0 Å². The lowest BCUT2D eigenvalue weighted by Gasteiger charge is -2.42. The molecule has 0 saturated heterocycles. The van der Waals surface area contributed by atoms with Crippen LogP contribution in [0.2, 0.25) is 16.6 Å². The summed E-state index contributed by atoms with van der Waals surface area (Å²) in [4.78, 5) is 11.6. The SMILES string of the molecule is CC(C)[Si](OCCCNCCC(=O)OC(C)(C)C)(C(C)C)C(C)C. The van der Waals surface area contributed by atoms with E-state index in [0.717, 1.165) is 19.6 Å². The van der Waals surface area contributed by atoms with Gasteiger partial charge in [0.15, 0.2) is 8.32 Å². The molecule has 0 bridgehead atoms. The molecule has 0 aliphatic carbocycles. The van der Waals surface area contributed by atoms with Crippen LogP contribution in [-0.4, -0.2) is 39.6 Å². The van der Waals surface area contributed by atoms with Crippen molar-refractivity contribution < 1.29 is 14.0 Å². The Balaban J connectivity index is 4.06. The fourth-order valence-electron chi connectivity index (χ4n) is 3.65. The van der Waals surface area contributed by atoms with E-state index in [-0.39, 0.29) is 5.97 Å². The normalized spacial score (nSPS) is 13.2.